The second-order valence-electron chi connectivity index (χ2n) is 6.20. The Morgan fingerprint density at radius 2 is 2.00 bits per heavy atom. The zero-order chi connectivity index (χ0) is 14.1. The Morgan fingerprint density at radius 3 is 2.70 bits per heavy atom. The van der Waals surface area contributed by atoms with E-state index in [-0.39, 0.29) is 6.04 Å². The maximum Gasteiger partial charge on any atom is 0.160 e. The average molecular weight is 272 g/mol. The van der Waals surface area contributed by atoms with Crippen molar-refractivity contribution in [1.29, 1.82) is 0 Å². The number of aromatic nitrogens is 3. The Hall–Kier alpha value is -1.42. The molecule has 2 N–H and O–H groups in total. The minimum absolute atomic E-state index is 0.0342. The Balaban J connectivity index is 2.03. The van der Waals surface area contributed by atoms with Gasteiger partial charge in [-0.3, -0.25) is 0 Å². The van der Waals surface area contributed by atoms with Crippen molar-refractivity contribution in [3.05, 3.63) is 24.2 Å². The van der Waals surface area contributed by atoms with Gasteiger partial charge in [-0.05, 0) is 44.7 Å². The number of pyridine rings is 1. The van der Waals surface area contributed by atoms with E-state index in [9.17, 15) is 0 Å². The maximum absolute atomic E-state index is 6.56. The second kappa shape index (κ2) is 5.52. The number of imidazole rings is 1. The van der Waals surface area contributed by atoms with Crippen LogP contribution in [0.3, 0.4) is 0 Å². The van der Waals surface area contributed by atoms with Gasteiger partial charge in [0.15, 0.2) is 5.65 Å². The van der Waals surface area contributed by atoms with Gasteiger partial charge >= 0.3 is 0 Å². The molecule has 4 nitrogen and oxygen atoms in total. The predicted molar refractivity (Wildman–Crippen MR) is 81.4 cm³/mol. The monoisotopic (exact) mass is 272 g/mol. The van der Waals surface area contributed by atoms with Crippen LogP contribution in [0.4, 0.5) is 0 Å². The lowest BCUT2D eigenvalue weighted by Gasteiger charge is -2.28. The molecule has 0 radical (unpaired) electrons. The van der Waals surface area contributed by atoms with Crippen LogP contribution in [0.25, 0.3) is 11.2 Å². The molecule has 1 fully saturated rings. The molecule has 0 aromatic carbocycles. The van der Waals surface area contributed by atoms with Crippen molar-refractivity contribution >= 4 is 11.2 Å². The van der Waals surface area contributed by atoms with Gasteiger partial charge < -0.3 is 10.3 Å². The molecule has 1 unspecified atom stereocenters. The number of rotatable bonds is 3. The van der Waals surface area contributed by atoms with Crippen LogP contribution in [0.1, 0.15) is 63.9 Å². The third kappa shape index (κ3) is 2.33. The lowest BCUT2D eigenvalue weighted by atomic mass is 9.84. The van der Waals surface area contributed by atoms with Gasteiger partial charge in [-0.25, -0.2) is 9.97 Å². The van der Waals surface area contributed by atoms with Gasteiger partial charge in [-0.15, -0.1) is 0 Å². The van der Waals surface area contributed by atoms with Gasteiger partial charge in [0.05, 0.1) is 6.04 Å². The van der Waals surface area contributed by atoms with Crippen LogP contribution in [-0.2, 0) is 0 Å². The van der Waals surface area contributed by atoms with Gasteiger partial charge in [0.2, 0.25) is 0 Å². The van der Waals surface area contributed by atoms with E-state index in [2.05, 4.69) is 23.4 Å². The summed E-state index contributed by atoms with van der Waals surface area (Å²) in [6.07, 6.45) is 8.26. The molecule has 0 amide bonds. The highest BCUT2D eigenvalue weighted by atomic mass is 15.2. The van der Waals surface area contributed by atoms with Crippen molar-refractivity contribution in [3.8, 4) is 0 Å². The molecule has 0 spiro atoms. The second-order valence-corrected chi connectivity index (χ2v) is 6.20. The Kier molecular flexibility index (Phi) is 3.74. The Morgan fingerprint density at radius 1 is 1.25 bits per heavy atom. The first-order valence-electron chi connectivity index (χ1n) is 7.77. The SMILES string of the molecule is CC(C)n1c(C(N)C2CCCCC2)nc2cccnc21. The van der Waals surface area contributed by atoms with Crippen molar-refractivity contribution < 1.29 is 0 Å². The molecule has 2 heterocycles. The van der Waals surface area contributed by atoms with E-state index in [1.54, 1.807) is 0 Å². The molecular formula is C16H24N4. The standard InChI is InChI=1S/C16H24N4/c1-11(2)20-15-13(9-6-10-18-15)19-16(20)14(17)12-7-4-3-5-8-12/h6,9-12,14H,3-5,7-8,17H2,1-2H3. The van der Waals surface area contributed by atoms with Crippen LogP contribution in [0.2, 0.25) is 0 Å². The molecule has 0 bridgehead atoms. The normalized spacial score (nSPS) is 18.8. The molecule has 2 aromatic rings. The number of nitrogens with two attached hydrogens (primary N) is 1. The average Bonchev–Trinajstić information content (AvgIpc) is 2.86. The zero-order valence-corrected chi connectivity index (χ0v) is 12.4. The first-order valence-corrected chi connectivity index (χ1v) is 7.77. The van der Waals surface area contributed by atoms with Crippen molar-refractivity contribution in [3.63, 3.8) is 0 Å². The van der Waals surface area contributed by atoms with Crippen molar-refractivity contribution in [2.45, 2.75) is 58.0 Å². The van der Waals surface area contributed by atoms with E-state index >= 15 is 0 Å². The summed E-state index contributed by atoms with van der Waals surface area (Å²) in [6, 6.07) is 4.33. The highest BCUT2D eigenvalue weighted by molar-refractivity contribution is 5.71. The molecule has 20 heavy (non-hydrogen) atoms. The summed E-state index contributed by atoms with van der Waals surface area (Å²) < 4.78 is 2.22. The largest absolute Gasteiger partial charge is 0.321 e. The third-order valence-electron chi connectivity index (χ3n) is 4.45. The van der Waals surface area contributed by atoms with Gasteiger partial charge in [0.1, 0.15) is 11.3 Å². The van der Waals surface area contributed by atoms with Crippen LogP contribution in [0, 0.1) is 5.92 Å². The molecule has 4 heteroatoms. The van der Waals surface area contributed by atoms with Crippen molar-refractivity contribution in [1.82, 2.24) is 14.5 Å². The van der Waals surface area contributed by atoms with Gasteiger partial charge in [-0.1, -0.05) is 19.3 Å². The molecule has 3 rings (SSSR count). The molecule has 0 saturated heterocycles. The van der Waals surface area contributed by atoms with Gasteiger partial charge in [-0.2, -0.15) is 0 Å². The van der Waals surface area contributed by atoms with Crippen LogP contribution < -0.4 is 5.73 Å². The molecule has 2 aromatic heterocycles. The number of fused-ring (bicyclic) bond motifs is 1. The third-order valence-corrected chi connectivity index (χ3v) is 4.45. The van der Waals surface area contributed by atoms with E-state index < -0.39 is 0 Å². The number of nitrogens with zero attached hydrogens (tertiary/aromatic N) is 3. The maximum atomic E-state index is 6.56. The zero-order valence-electron chi connectivity index (χ0n) is 12.4. The summed E-state index contributed by atoms with van der Waals surface area (Å²) >= 11 is 0. The summed E-state index contributed by atoms with van der Waals surface area (Å²) in [6.45, 7) is 4.35. The molecular weight excluding hydrogens is 248 g/mol. The van der Waals surface area contributed by atoms with Crippen molar-refractivity contribution in [2.24, 2.45) is 11.7 Å². The fourth-order valence-corrected chi connectivity index (χ4v) is 3.40. The minimum Gasteiger partial charge on any atom is -0.321 e. The summed E-state index contributed by atoms with van der Waals surface area (Å²) in [5, 5.41) is 0. The molecule has 1 saturated carbocycles. The highest BCUT2D eigenvalue weighted by Crippen LogP contribution is 2.34. The van der Waals surface area contributed by atoms with Gasteiger partial charge in [0, 0.05) is 12.2 Å². The number of hydrogen-bond donors (Lipinski definition) is 1. The molecule has 1 aliphatic carbocycles. The minimum atomic E-state index is 0.0342. The van der Waals surface area contributed by atoms with Crippen LogP contribution in [0.15, 0.2) is 18.3 Å². The fraction of sp³-hybridized carbons (Fsp3) is 0.625. The highest BCUT2D eigenvalue weighted by Gasteiger charge is 2.27. The molecule has 108 valence electrons. The topological polar surface area (TPSA) is 56.7 Å². The summed E-state index contributed by atoms with van der Waals surface area (Å²) in [7, 11) is 0. The van der Waals surface area contributed by atoms with Crippen LogP contribution >= 0.6 is 0 Å². The van der Waals surface area contributed by atoms with Crippen LogP contribution in [-0.4, -0.2) is 14.5 Å². The van der Waals surface area contributed by atoms with Gasteiger partial charge in [0.25, 0.3) is 0 Å². The van der Waals surface area contributed by atoms with Crippen molar-refractivity contribution in [2.75, 3.05) is 0 Å². The summed E-state index contributed by atoms with van der Waals surface area (Å²) in [4.78, 5) is 9.28. The first kappa shape index (κ1) is 13.6. The lowest BCUT2D eigenvalue weighted by molar-refractivity contribution is 0.294. The first-order chi connectivity index (χ1) is 9.68. The quantitative estimate of drug-likeness (QED) is 0.929. The summed E-state index contributed by atoms with van der Waals surface area (Å²) in [5.74, 6) is 1.58. The predicted octanol–water partition coefficient (Wildman–Crippen LogP) is 3.59. The van der Waals surface area contributed by atoms with Crippen LogP contribution in [0.5, 0.6) is 0 Å². The van der Waals surface area contributed by atoms with E-state index in [0.717, 1.165) is 17.0 Å². The van der Waals surface area contributed by atoms with E-state index in [1.807, 2.05) is 18.3 Å². The van der Waals surface area contributed by atoms with E-state index in [4.69, 9.17) is 10.7 Å². The lowest BCUT2D eigenvalue weighted by Crippen LogP contribution is -2.27. The Labute approximate surface area is 120 Å². The van der Waals surface area contributed by atoms with E-state index in [1.165, 1.54) is 32.1 Å². The summed E-state index contributed by atoms with van der Waals surface area (Å²) in [5.41, 5.74) is 8.48. The molecule has 1 atom stereocenters. The van der Waals surface area contributed by atoms with E-state index in [0.29, 0.717) is 12.0 Å². The molecule has 0 aliphatic heterocycles. The smallest absolute Gasteiger partial charge is 0.160 e. The fourth-order valence-electron chi connectivity index (χ4n) is 3.40. The number of hydrogen-bond acceptors (Lipinski definition) is 3. The molecule has 1 aliphatic rings. The Bertz CT molecular complexity index is 581.